The van der Waals surface area contributed by atoms with Crippen LogP contribution in [0.5, 0.6) is 0 Å². The summed E-state index contributed by atoms with van der Waals surface area (Å²) < 4.78 is 13.1. The second-order valence-corrected chi connectivity index (χ2v) is 3.94. The number of hydrogen-bond acceptors (Lipinski definition) is 1. The van der Waals surface area contributed by atoms with E-state index in [0.29, 0.717) is 6.54 Å². The molecule has 2 aromatic rings. The van der Waals surface area contributed by atoms with Gasteiger partial charge in [-0.3, -0.25) is 4.79 Å². The number of nitrogens with one attached hydrogen (secondary N) is 2. The number of benzene rings is 1. The van der Waals surface area contributed by atoms with Gasteiger partial charge in [0.15, 0.2) is 0 Å². The molecule has 1 aromatic carbocycles. The molecule has 0 bridgehead atoms. The fraction of sp³-hybridized carbons (Fsp3) is 0.0833. The van der Waals surface area contributed by atoms with Crippen LogP contribution in [0.3, 0.4) is 0 Å². The highest BCUT2D eigenvalue weighted by molar-refractivity contribution is 6.30. The quantitative estimate of drug-likeness (QED) is 0.867. The Hall–Kier alpha value is -1.81. The largest absolute Gasteiger partial charge is 0.367 e. The van der Waals surface area contributed by atoms with Crippen molar-refractivity contribution in [3.05, 3.63) is 58.6 Å². The summed E-state index contributed by atoms with van der Waals surface area (Å²) in [7, 11) is 0. The Kier molecular flexibility index (Phi) is 3.44. The monoisotopic (exact) mass is 252 g/mol. The van der Waals surface area contributed by atoms with Gasteiger partial charge in [0.1, 0.15) is 5.82 Å². The van der Waals surface area contributed by atoms with E-state index in [4.69, 9.17) is 11.6 Å². The Balaban J connectivity index is 2.02. The molecule has 0 unspecified atom stereocenters. The number of aromatic amines is 1. The van der Waals surface area contributed by atoms with Gasteiger partial charge in [-0.2, -0.15) is 0 Å². The zero-order valence-corrected chi connectivity index (χ0v) is 9.59. The van der Waals surface area contributed by atoms with E-state index in [1.54, 1.807) is 12.4 Å². The van der Waals surface area contributed by atoms with Gasteiger partial charge in [0.25, 0.3) is 5.91 Å². The van der Waals surface area contributed by atoms with Crippen LogP contribution in [0, 0.1) is 5.82 Å². The molecule has 0 aliphatic carbocycles. The summed E-state index contributed by atoms with van der Waals surface area (Å²) in [5.41, 5.74) is 1.20. The van der Waals surface area contributed by atoms with Gasteiger partial charge in [-0.1, -0.05) is 11.6 Å². The molecular weight excluding hydrogens is 243 g/mol. The first-order chi connectivity index (χ1) is 8.16. The van der Waals surface area contributed by atoms with Crippen molar-refractivity contribution in [3.63, 3.8) is 0 Å². The minimum Gasteiger partial charge on any atom is -0.367 e. The molecular formula is C12H10ClFN2O. The lowest BCUT2D eigenvalue weighted by Gasteiger charge is -2.04. The highest BCUT2D eigenvalue weighted by Gasteiger charge is 2.08. The lowest BCUT2D eigenvalue weighted by Crippen LogP contribution is -2.22. The molecule has 0 radical (unpaired) electrons. The maximum absolute atomic E-state index is 13.1. The van der Waals surface area contributed by atoms with E-state index in [2.05, 4.69) is 10.3 Å². The van der Waals surface area contributed by atoms with Gasteiger partial charge in [-0.25, -0.2) is 4.39 Å². The lowest BCUT2D eigenvalue weighted by molar-refractivity contribution is 0.0950. The van der Waals surface area contributed by atoms with Crippen molar-refractivity contribution in [2.75, 3.05) is 0 Å². The van der Waals surface area contributed by atoms with Gasteiger partial charge in [-0.05, 0) is 29.8 Å². The molecule has 5 heteroatoms. The van der Waals surface area contributed by atoms with Gasteiger partial charge in [0.2, 0.25) is 0 Å². The van der Waals surface area contributed by atoms with Crippen LogP contribution in [-0.2, 0) is 6.54 Å². The molecule has 2 rings (SSSR count). The van der Waals surface area contributed by atoms with Crippen molar-refractivity contribution in [1.29, 1.82) is 0 Å². The van der Waals surface area contributed by atoms with Crippen LogP contribution >= 0.6 is 11.6 Å². The molecule has 2 N–H and O–H groups in total. The molecule has 1 heterocycles. The smallest absolute Gasteiger partial charge is 0.251 e. The predicted molar refractivity (Wildman–Crippen MR) is 63.4 cm³/mol. The van der Waals surface area contributed by atoms with Crippen molar-refractivity contribution in [1.82, 2.24) is 10.3 Å². The van der Waals surface area contributed by atoms with Crippen molar-refractivity contribution >= 4 is 17.5 Å². The van der Waals surface area contributed by atoms with Gasteiger partial charge < -0.3 is 10.3 Å². The number of halogens is 2. The third-order valence-electron chi connectivity index (χ3n) is 2.30. The zero-order chi connectivity index (χ0) is 12.3. The third-order valence-corrected chi connectivity index (χ3v) is 2.60. The molecule has 1 aromatic heterocycles. The highest BCUT2D eigenvalue weighted by atomic mass is 35.5. The molecule has 0 fully saturated rings. The predicted octanol–water partition coefficient (Wildman–Crippen LogP) is 2.74. The summed E-state index contributed by atoms with van der Waals surface area (Å²) >= 11 is 5.53. The number of carbonyl (C=O) groups is 1. The summed E-state index contributed by atoms with van der Waals surface area (Å²) in [6, 6.07) is 5.82. The van der Waals surface area contributed by atoms with Crippen LogP contribution in [0.4, 0.5) is 4.39 Å². The van der Waals surface area contributed by atoms with E-state index in [9.17, 15) is 9.18 Å². The summed E-state index contributed by atoms with van der Waals surface area (Å²) in [5.74, 6) is -0.928. The van der Waals surface area contributed by atoms with Gasteiger partial charge in [-0.15, -0.1) is 0 Å². The number of rotatable bonds is 3. The number of H-pyrrole nitrogens is 1. The maximum Gasteiger partial charge on any atom is 0.251 e. The molecule has 0 atom stereocenters. The average Bonchev–Trinajstić information content (AvgIpc) is 2.82. The second kappa shape index (κ2) is 5.01. The van der Waals surface area contributed by atoms with E-state index in [1.165, 1.54) is 12.1 Å². The summed E-state index contributed by atoms with van der Waals surface area (Å²) in [4.78, 5) is 14.6. The van der Waals surface area contributed by atoms with Crippen molar-refractivity contribution in [2.24, 2.45) is 0 Å². The third kappa shape index (κ3) is 2.85. The van der Waals surface area contributed by atoms with Crippen molar-refractivity contribution in [2.45, 2.75) is 6.54 Å². The Bertz CT molecular complexity index is 525. The first-order valence-electron chi connectivity index (χ1n) is 5.02. The van der Waals surface area contributed by atoms with E-state index < -0.39 is 5.82 Å². The van der Waals surface area contributed by atoms with Gasteiger partial charge >= 0.3 is 0 Å². The van der Waals surface area contributed by atoms with Crippen LogP contribution in [0.1, 0.15) is 15.9 Å². The van der Waals surface area contributed by atoms with Crippen LogP contribution in [0.15, 0.2) is 36.7 Å². The van der Waals surface area contributed by atoms with Crippen molar-refractivity contribution < 1.29 is 9.18 Å². The Labute approximate surface area is 103 Å². The average molecular weight is 253 g/mol. The van der Waals surface area contributed by atoms with Crippen LogP contribution in [0.25, 0.3) is 0 Å². The number of aromatic nitrogens is 1. The SMILES string of the molecule is O=C(NCc1cc[nH]c1)c1ccc(Cl)c(F)c1. The van der Waals surface area contributed by atoms with E-state index in [-0.39, 0.29) is 16.5 Å². The Morgan fingerprint density at radius 1 is 1.41 bits per heavy atom. The number of amides is 1. The molecule has 3 nitrogen and oxygen atoms in total. The first-order valence-corrected chi connectivity index (χ1v) is 5.39. The molecule has 0 spiro atoms. The number of hydrogen-bond donors (Lipinski definition) is 2. The van der Waals surface area contributed by atoms with Crippen molar-refractivity contribution in [3.8, 4) is 0 Å². The highest BCUT2D eigenvalue weighted by Crippen LogP contribution is 2.15. The van der Waals surface area contributed by atoms with Gasteiger partial charge in [0, 0.05) is 24.5 Å². The molecule has 0 aliphatic heterocycles. The molecule has 17 heavy (non-hydrogen) atoms. The van der Waals surface area contributed by atoms with E-state index >= 15 is 0 Å². The summed E-state index contributed by atoms with van der Waals surface area (Å²) in [5, 5.41) is 2.69. The second-order valence-electron chi connectivity index (χ2n) is 3.53. The van der Waals surface area contributed by atoms with Crippen LogP contribution in [0.2, 0.25) is 5.02 Å². The molecule has 88 valence electrons. The lowest BCUT2D eigenvalue weighted by atomic mass is 10.2. The van der Waals surface area contributed by atoms with Gasteiger partial charge in [0.05, 0.1) is 5.02 Å². The maximum atomic E-state index is 13.1. The fourth-order valence-corrected chi connectivity index (χ4v) is 1.51. The van der Waals surface area contributed by atoms with E-state index in [0.717, 1.165) is 11.6 Å². The Morgan fingerprint density at radius 2 is 2.24 bits per heavy atom. The normalized spacial score (nSPS) is 10.2. The fourth-order valence-electron chi connectivity index (χ4n) is 1.39. The molecule has 0 aliphatic rings. The topological polar surface area (TPSA) is 44.9 Å². The zero-order valence-electron chi connectivity index (χ0n) is 8.84. The van der Waals surface area contributed by atoms with Crippen LogP contribution < -0.4 is 5.32 Å². The van der Waals surface area contributed by atoms with E-state index in [1.807, 2.05) is 6.07 Å². The summed E-state index contributed by atoms with van der Waals surface area (Å²) in [6.45, 7) is 0.395. The minimum atomic E-state index is -0.596. The molecule has 0 saturated carbocycles. The standard InChI is InChI=1S/C12H10ClFN2O/c13-10-2-1-9(5-11(10)14)12(17)16-7-8-3-4-15-6-8/h1-6,15H,7H2,(H,16,17). The Morgan fingerprint density at radius 3 is 2.88 bits per heavy atom. The molecule has 0 saturated heterocycles. The summed E-state index contributed by atoms with van der Waals surface area (Å²) in [6.07, 6.45) is 3.55. The number of carbonyl (C=O) groups excluding carboxylic acids is 1. The minimum absolute atomic E-state index is 0.00665. The first kappa shape index (κ1) is 11.7. The van der Waals surface area contributed by atoms with Crippen LogP contribution in [-0.4, -0.2) is 10.9 Å². The molecule has 1 amide bonds.